The Morgan fingerprint density at radius 2 is 1.84 bits per heavy atom. The van der Waals surface area contributed by atoms with E-state index in [0.29, 0.717) is 36.0 Å². The average molecular weight is 429 g/mol. The third-order valence-corrected chi connectivity index (χ3v) is 8.75. The summed E-state index contributed by atoms with van der Waals surface area (Å²) in [7, 11) is 0. The lowest BCUT2D eigenvalue weighted by atomic mass is 9.61. The SMILES string of the molecule is C=C1/C(=C\C=C2\CCC[C@]3(C)[C@@H]2CC[C@@H]3[C@H](C)/C=C/[C@H](C)C(C)(C)O)C[C@@H](O)C[C@@H]1O. The smallest absolute Gasteiger partial charge is 0.0811 e. The Labute approximate surface area is 189 Å². The highest BCUT2D eigenvalue weighted by atomic mass is 16.3. The second-order valence-corrected chi connectivity index (χ2v) is 11.4. The van der Waals surface area contributed by atoms with Gasteiger partial charge in [0.05, 0.1) is 17.8 Å². The van der Waals surface area contributed by atoms with E-state index in [1.807, 2.05) is 13.8 Å². The van der Waals surface area contributed by atoms with Crippen LogP contribution in [0.1, 0.15) is 79.6 Å². The molecular weight excluding hydrogens is 384 g/mol. The normalized spacial score (nSPS) is 39.3. The molecule has 3 nitrogen and oxygen atoms in total. The van der Waals surface area contributed by atoms with Crippen LogP contribution in [-0.2, 0) is 0 Å². The third kappa shape index (κ3) is 5.26. The minimum atomic E-state index is -0.684. The molecule has 31 heavy (non-hydrogen) atoms. The molecule has 0 spiro atoms. The number of aliphatic hydroxyl groups is 3. The topological polar surface area (TPSA) is 60.7 Å². The zero-order valence-electron chi connectivity index (χ0n) is 20.3. The maximum absolute atomic E-state index is 10.3. The first-order chi connectivity index (χ1) is 14.4. The molecule has 3 aliphatic carbocycles. The fourth-order valence-corrected chi connectivity index (χ4v) is 6.32. The van der Waals surface area contributed by atoms with Gasteiger partial charge < -0.3 is 15.3 Å². The molecule has 3 saturated carbocycles. The Morgan fingerprint density at radius 1 is 1.13 bits per heavy atom. The van der Waals surface area contributed by atoms with Gasteiger partial charge in [-0.05, 0) is 86.7 Å². The molecule has 3 rings (SSSR count). The summed E-state index contributed by atoms with van der Waals surface area (Å²) >= 11 is 0. The van der Waals surface area contributed by atoms with E-state index in [1.165, 1.54) is 31.3 Å². The second kappa shape index (κ2) is 9.37. The van der Waals surface area contributed by atoms with Crippen LogP contribution in [0.2, 0.25) is 0 Å². The minimum Gasteiger partial charge on any atom is -0.393 e. The number of hydrogen-bond acceptors (Lipinski definition) is 3. The molecule has 0 saturated heterocycles. The molecule has 0 unspecified atom stereocenters. The predicted octanol–water partition coefficient (Wildman–Crippen LogP) is 5.73. The van der Waals surface area contributed by atoms with Crippen molar-refractivity contribution in [1.82, 2.24) is 0 Å². The number of fused-ring (bicyclic) bond motifs is 1. The standard InChI is InChI=1S/C28H44O3/c1-18(9-10-19(2)27(4,5)31)24-13-14-25-21(8-7-15-28(24,25)6)11-12-22-16-23(29)17-26(30)20(22)3/h9-12,18-19,23-26,29-31H,3,7-8,13-17H2,1-2,4-6H3/b10-9+,21-11-,22-12-/t18-,19+,23-,24-,25-,26+,28+/m1/s1. The van der Waals surface area contributed by atoms with Gasteiger partial charge in [-0.2, -0.15) is 0 Å². The first kappa shape index (κ1) is 24.5. The number of hydrogen-bond donors (Lipinski definition) is 3. The van der Waals surface area contributed by atoms with Gasteiger partial charge in [-0.15, -0.1) is 0 Å². The lowest BCUT2D eigenvalue weighted by molar-refractivity contribution is 0.0436. The summed E-state index contributed by atoms with van der Waals surface area (Å²) in [4.78, 5) is 0. The van der Waals surface area contributed by atoms with Crippen molar-refractivity contribution in [2.75, 3.05) is 0 Å². The van der Waals surface area contributed by atoms with E-state index in [4.69, 9.17) is 0 Å². The molecule has 0 radical (unpaired) electrons. The Morgan fingerprint density at radius 3 is 2.52 bits per heavy atom. The molecule has 3 N–H and O–H groups in total. The minimum absolute atomic E-state index is 0.141. The molecule has 3 heteroatoms. The molecule has 0 aromatic rings. The largest absolute Gasteiger partial charge is 0.393 e. The second-order valence-electron chi connectivity index (χ2n) is 11.4. The predicted molar refractivity (Wildman–Crippen MR) is 128 cm³/mol. The van der Waals surface area contributed by atoms with E-state index in [2.05, 4.69) is 51.7 Å². The first-order valence-corrected chi connectivity index (χ1v) is 12.3. The van der Waals surface area contributed by atoms with E-state index >= 15 is 0 Å². The maximum Gasteiger partial charge on any atom is 0.0811 e. The number of allylic oxidation sites excluding steroid dienone is 4. The van der Waals surface area contributed by atoms with Crippen LogP contribution in [0.5, 0.6) is 0 Å². The molecule has 174 valence electrons. The molecular formula is C28H44O3. The van der Waals surface area contributed by atoms with Crippen LogP contribution < -0.4 is 0 Å². The average Bonchev–Trinajstić information content (AvgIpc) is 3.04. The van der Waals surface area contributed by atoms with Gasteiger partial charge in [0.1, 0.15) is 0 Å². The maximum atomic E-state index is 10.3. The summed E-state index contributed by atoms with van der Waals surface area (Å²) in [5.41, 5.74) is 2.93. The first-order valence-electron chi connectivity index (χ1n) is 12.3. The number of rotatable bonds is 5. The molecule has 0 aromatic carbocycles. The van der Waals surface area contributed by atoms with Crippen LogP contribution in [0.15, 0.2) is 47.6 Å². The lowest BCUT2D eigenvalue weighted by Crippen LogP contribution is -2.35. The van der Waals surface area contributed by atoms with Crippen LogP contribution >= 0.6 is 0 Å². The molecule has 3 fully saturated rings. The monoisotopic (exact) mass is 428 g/mol. The summed E-state index contributed by atoms with van der Waals surface area (Å²) in [6.45, 7) is 14.7. The molecule has 0 aromatic heterocycles. The van der Waals surface area contributed by atoms with Gasteiger partial charge in [0.15, 0.2) is 0 Å². The van der Waals surface area contributed by atoms with Crippen LogP contribution in [0, 0.1) is 29.1 Å². The Kier molecular flexibility index (Phi) is 7.40. The van der Waals surface area contributed by atoms with Gasteiger partial charge >= 0.3 is 0 Å². The van der Waals surface area contributed by atoms with Crippen molar-refractivity contribution in [1.29, 1.82) is 0 Å². The van der Waals surface area contributed by atoms with Crippen molar-refractivity contribution < 1.29 is 15.3 Å². The van der Waals surface area contributed by atoms with E-state index in [-0.39, 0.29) is 5.92 Å². The Balaban J connectivity index is 1.76. The van der Waals surface area contributed by atoms with Crippen molar-refractivity contribution in [3.05, 3.63) is 47.6 Å². The van der Waals surface area contributed by atoms with Gasteiger partial charge in [-0.3, -0.25) is 0 Å². The Hall–Kier alpha value is -1.16. The summed E-state index contributed by atoms with van der Waals surface area (Å²) in [5.74, 6) is 1.91. The zero-order valence-corrected chi connectivity index (χ0v) is 20.3. The van der Waals surface area contributed by atoms with Gasteiger partial charge in [-0.25, -0.2) is 0 Å². The van der Waals surface area contributed by atoms with Crippen LogP contribution in [0.4, 0.5) is 0 Å². The fraction of sp³-hybridized carbons (Fsp3) is 0.714. The van der Waals surface area contributed by atoms with Gasteiger partial charge in [0.25, 0.3) is 0 Å². The van der Waals surface area contributed by atoms with Crippen LogP contribution in [-0.4, -0.2) is 33.1 Å². The Bertz CT molecular complexity index is 753. The quantitative estimate of drug-likeness (QED) is 0.490. The van der Waals surface area contributed by atoms with E-state index in [0.717, 1.165) is 17.6 Å². The van der Waals surface area contributed by atoms with Crippen molar-refractivity contribution in [3.8, 4) is 0 Å². The fourth-order valence-electron chi connectivity index (χ4n) is 6.32. The van der Waals surface area contributed by atoms with Gasteiger partial charge in [0, 0.05) is 12.3 Å². The highest BCUT2D eigenvalue weighted by molar-refractivity contribution is 5.38. The van der Waals surface area contributed by atoms with Crippen molar-refractivity contribution in [2.24, 2.45) is 29.1 Å². The van der Waals surface area contributed by atoms with E-state index in [9.17, 15) is 15.3 Å². The molecule has 0 bridgehead atoms. The molecule has 3 aliphatic rings. The molecule has 7 atom stereocenters. The van der Waals surface area contributed by atoms with Gasteiger partial charge in [0.2, 0.25) is 0 Å². The highest BCUT2D eigenvalue weighted by Crippen LogP contribution is 2.59. The van der Waals surface area contributed by atoms with Crippen LogP contribution in [0.25, 0.3) is 0 Å². The molecule has 0 amide bonds. The van der Waals surface area contributed by atoms with Crippen molar-refractivity contribution in [2.45, 2.75) is 97.4 Å². The van der Waals surface area contributed by atoms with Crippen LogP contribution in [0.3, 0.4) is 0 Å². The third-order valence-electron chi connectivity index (χ3n) is 8.75. The molecule has 0 aliphatic heterocycles. The van der Waals surface area contributed by atoms with Crippen molar-refractivity contribution >= 4 is 0 Å². The van der Waals surface area contributed by atoms with E-state index < -0.39 is 17.8 Å². The summed E-state index contributed by atoms with van der Waals surface area (Å²) in [6.07, 6.45) is 15.0. The zero-order chi connectivity index (χ0) is 23.0. The highest BCUT2D eigenvalue weighted by Gasteiger charge is 2.50. The van der Waals surface area contributed by atoms with Gasteiger partial charge in [-0.1, -0.05) is 57.2 Å². The van der Waals surface area contributed by atoms with Crippen molar-refractivity contribution in [3.63, 3.8) is 0 Å². The number of aliphatic hydroxyl groups excluding tert-OH is 2. The molecule has 0 heterocycles. The van der Waals surface area contributed by atoms with E-state index in [1.54, 1.807) is 0 Å². The summed E-state index contributed by atoms with van der Waals surface area (Å²) in [6, 6.07) is 0. The summed E-state index contributed by atoms with van der Waals surface area (Å²) in [5, 5.41) is 30.4. The lowest BCUT2D eigenvalue weighted by Gasteiger charge is -2.44. The summed E-state index contributed by atoms with van der Waals surface area (Å²) < 4.78 is 0.